The summed E-state index contributed by atoms with van der Waals surface area (Å²) in [6.07, 6.45) is -3.01. The zero-order valence-corrected chi connectivity index (χ0v) is 12.3. The molecule has 122 valence electrons. The molecule has 7 heteroatoms. The van der Waals surface area contributed by atoms with Crippen molar-refractivity contribution in [2.45, 2.75) is 12.8 Å². The van der Waals surface area contributed by atoms with Crippen LogP contribution in [0, 0.1) is 0 Å². The number of halogens is 3. The molecule has 0 unspecified atom stereocenters. The minimum atomic E-state index is -4.39. The molecule has 0 saturated heterocycles. The standard InChI is InChI=1S/C16H15F3N2O2/c1-22-14-7-3-5-12(9-21-20)15(14)23-10-11-4-2-6-13(8-11)16(17,18)19/h2-9H,10,20H2,1H3. The highest BCUT2D eigenvalue weighted by atomic mass is 19.4. The SMILES string of the molecule is COc1cccc(C=NN)c1OCc1cccc(C(F)(F)F)c1. The van der Waals surface area contributed by atoms with Gasteiger partial charge in [-0.05, 0) is 29.8 Å². The molecule has 4 nitrogen and oxygen atoms in total. The molecule has 0 aliphatic heterocycles. The average Bonchev–Trinajstić information content (AvgIpc) is 2.53. The molecule has 2 aromatic rings. The molecule has 2 aromatic carbocycles. The summed E-state index contributed by atoms with van der Waals surface area (Å²) in [6, 6.07) is 10.1. The lowest BCUT2D eigenvalue weighted by Crippen LogP contribution is -2.06. The number of methoxy groups -OCH3 is 1. The summed E-state index contributed by atoms with van der Waals surface area (Å²) in [7, 11) is 1.47. The number of hydrogen-bond donors (Lipinski definition) is 1. The van der Waals surface area contributed by atoms with Gasteiger partial charge < -0.3 is 15.3 Å². The van der Waals surface area contributed by atoms with Gasteiger partial charge in [0.1, 0.15) is 6.61 Å². The number of alkyl halides is 3. The zero-order valence-electron chi connectivity index (χ0n) is 12.3. The van der Waals surface area contributed by atoms with Crippen LogP contribution in [0.15, 0.2) is 47.6 Å². The maximum absolute atomic E-state index is 12.7. The number of hydrazone groups is 1. The Morgan fingerprint density at radius 1 is 1.17 bits per heavy atom. The van der Waals surface area contributed by atoms with Crippen molar-refractivity contribution in [3.63, 3.8) is 0 Å². The van der Waals surface area contributed by atoms with E-state index in [0.717, 1.165) is 12.1 Å². The van der Waals surface area contributed by atoms with Gasteiger partial charge in [-0.25, -0.2) is 0 Å². The van der Waals surface area contributed by atoms with Crippen molar-refractivity contribution in [2.24, 2.45) is 10.9 Å². The second-order valence-electron chi connectivity index (χ2n) is 4.64. The third-order valence-electron chi connectivity index (χ3n) is 3.08. The number of hydrogen-bond acceptors (Lipinski definition) is 4. The first kappa shape index (κ1) is 16.7. The first-order valence-corrected chi connectivity index (χ1v) is 6.65. The third kappa shape index (κ3) is 4.15. The number of ether oxygens (including phenoxy) is 2. The second-order valence-corrected chi connectivity index (χ2v) is 4.64. The Balaban J connectivity index is 2.24. The summed E-state index contributed by atoms with van der Waals surface area (Å²) in [5.41, 5.74) is 0.238. The first-order chi connectivity index (χ1) is 11.0. The smallest absolute Gasteiger partial charge is 0.416 e. The van der Waals surface area contributed by atoms with Crippen molar-refractivity contribution in [1.82, 2.24) is 0 Å². The molecule has 0 aromatic heterocycles. The number of para-hydroxylation sites is 1. The highest BCUT2D eigenvalue weighted by molar-refractivity contribution is 5.84. The van der Waals surface area contributed by atoms with E-state index < -0.39 is 11.7 Å². The van der Waals surface area contributed by atoms with Crippen LogP contribution in [0.25, 0.3) is 0 Å². The zero-order chi connectivity index (χ0) is 16.9. The molecule has 0 saturated carbocycles. The Bertz CT molecular complexity index is 700. The van der Waals surface area contributed by atoms with Gasteiger partial charge in [0, 0.05) is 5.56 Å². The minimum Gasteiger partial charge on any atom is -0.493 e. The summed E-state index contributed by atoms with van der Waals surface area (Å²) in [5.74, 6) is 5.95. The summed E-state index contributed by atoms with van der Waals surface area (Å²) >= 11 is 0. The van der Waals surface area contributed by atoms with Gasteiger partial charge in [-0.3, -0.25) is 0 Å². The van der Waals surface area contributed by atoms with Crippen LogP contribution < -0.4 is 15.3 Å². The Kier molecular flexibility index (Phi) is 5.10. The van der Waals surface area contributed by atoms with Crippen molar-refractivity contribution in [3.8, 4) is 11.5 Å². The molecule has 0 bridgehead atoms. The average molecular weight is 324 g/mol. The maximum Gasteiger partial charge on any atom is 0.416 e. The fourth-order valence-corrected chi connectivity index (χ4v) is 2.02. The topological polar surface area (TPSA) is 56.8 Å². The van der Waals surface area contributed by atoms with Gasteiger partial charge in [-0.1, -0.05) is 18.2 Å². The molecule has 0 amide bonds. The van der Waals surface area contributed by atoms with Crippen LogP contribution in [0.3, 0.4) is 0 Å². The van der Waals surface area contributed by atoms with E-state index in [-0.39, 0.29) is 6.61 Å². The van der Waals surface area contributed by atoms with Crippen molar-refractivity contribution < 1.29 is 22.6 Å². The fraction of sp³-hybridized carbons (Fsp3) is 0.188. The van der Waals surface area contributed by atoms with E-state index >= 15 is 0 Å². The van der Waals surface area contributed by atoms with Crippen molar-refractivity contribution >= 4 is 6.21 Å². The van der Waals surface area contributed by atoms with Crippen LogP contribution in [-0.2, 0) is 12.8 Å². The van der Waals surface area contributed by atoms with Crippen LogP contribution in [0.5, 0.6) is 11.5 Å². The van der Waals surface area contributed by atoms with Gasteiger partial charge in [-0.15, -0.1) is 0 Å². The molecule has 2 N–H and O–H groups in total. The largest absolute Gasteiger partial charge is 0.493 e. The molecule has 0 radical (unpaired) electrons. The van der Waals surface area contributed by atoms with Gasteiger partial charge in [-0.2, -0.15) is 18.3 Å². The van der Waals surface area contributed by atoms with E-state index in [1.165, 1.54) is 19.4 Å². The Labute approximate surface area is 131 Å². The Morgan fingerprint density at radius 3 is 2.57 bits per heavy atom. The number of rotatable bonds is 5. The third-order valence-corrected chi connectivity index (χ3v) is 3.08. The normalized spacial score (nSPS) is 11.7. The lowest BCUT2D eigenvalue weighted by atomic mass is 10.1. The Morgan fingerprint density at radius 2 is 1.91 bits per heavy atom. The molecule has 0 aliphatic carbocycles. The van der Waals surface area contributed by atoms with E-state index in [2.05, 4.69) is 5.10 Å². The van der Waals surface area contributed by atoms with Gasteiger partial charge in [0.05, 0.1) is 18.9 Å². The number of benzene rings is 2. The van der Waals surface area contributed by atoms with E-state index in [1.807, 2.05) is 0 Å². The van der Waals surface area contributed by atoms with E-state index in [0.29, 0.717) is 22.6 Å². The summed E-state index contributed by atoms with van der Waals surface area (Å²) in [5, 5.41) is 3.43. The number of nitrogens with zero attached hydrogens (tertiary/aromatic N) is 1. The molecule has 0 spiro atoms. The minimum absolute atomic E-state index is 0.0459. The molecule has 23 heavy (non-hydrogen) atoms. The van der Waals surface area contributed by atoms with E-state index in [4.69, 9.17) is 15.3 Å². The fourth-order valence-electron chi connectivity index (χ4n) is 2.02. The van der Waals surface area contributed by atoms with Crippen LogP contribution in [-0.4, -0.2) is 13.3 Å². The van der Waals surface area contributed by atoms with Crippen molar-refractivity contribution in [1.29, 1.82) is 0 Å². The van der Waals surface area contributed by atoms with Crippen LogP contribution in [0.4, 0.5) is 13.2 Å². The summed E-state index contributed by atoms with van der Waals surface area (Å²) in [6.45, 7) is -0.0459. The number of nitrogens with two attached hydrogens (primary N) is 1. The quantitative estimate of drug-likeness (QED) is 0.519. The monoisotopic (exact) mass is 324 g/mol. The summed E-state index contributed by atoms with van der Waals surface area (Å²) < 4.78 is 49.0. The first-order valence-electron chi connectivity index (χ1n) is 6.65. The van der Waals surface area contributed by atoms with E-state index in [1.54, 1.807) is 24.3 Å². The van der Waals surface area contributed by atoms with Crippen LogP contribution >= 0.6 is 0 Å². The molecule has 0 aliphatic rings. The Hall–Kier alpha value is -2.70. The second kappa shape index (κ2) is 7.04. The molecule has 2 rings (SSSR count). The molecule has 0 fully saturated rings. The maximum atomic E-state index is 12.7. The van der Waals surface area contributed by atoms with Crippen molar-refractivity contribution in [3.05, 3.63) is 59.2 Å². The predicted molar refractivity (Wildman–Crippen MR) is 80.6 cm³/mol. The van der Waals surface area contributed by atoms with Crippen molar-refractivity contribution in [2.75, 3.05) is 7.11 Å². The van der Waals surface area contributed by atoms with Gasteiger partial charge in [0.25, 0.3) is 0 Å². The molecular weight excluding hydrogens is 309 g/mol. The lowest BCUT2D eigenvalue weighted by molar-refractivity contribution is -0.137. The van der Waals surface area contributed by atoms with Gasteiger partial charge >= 0.3 is 6.18 Å². The highest BCUT2D eigenvalue weighted by Gasteiger charge is 2.30. The predicted octanol–water partition coefficient (Wildman–Crippen LogP) is 3.59. The molecule has 0 heterocycles. The van der Waals surface area contributed by atoms with Gasteiger partial charge in [0.15, 0.2) is 11.5 Å². The van der Waals surface area contributed by atoms with Gasteiger partial charge in [0.2, 0.25) is 0 Å². The highest BCUT2D eigenvalue weighted by Crippen LogP contribution is 2.32. The molecule has 0 atom stereocenters. The van der Waals surface area contributed by atoms with E-state index in [9.17, 15) is 13.2 Å². The lowest BCUT2D eigenvalue weighted by Gasteiger charge is -2.14. The molecular formula is C16H15F3N2O2. The van der Waals surface area contributed by atoms with Crippen LogP contribution in [0.2, 0.25) is 0 Å². The van der Waals surface area contributed by atoms with Crippen LogP contribution in [0.1, 0.15) is 16.7 Å². The summed E-state index contributed by atoms with van der Waals surface area (Å²) in [4.78, 5) is 0.